The monoisotopic (exact) mass is 304 g/mol. The van der Waals surface area contributed by atoms with E-state index in [1.165, 1.54) is 21.9 Å². The minimum Gasteiger partial charge on any atom is -0.330 e. The molecule has 0 atom stereocenters. The van der Waals surface area contributed by atoms with E-state index in [-0.39, 0.29) is 12.4 Å². The summed E-state index contributed by atoms with van der Waals surface area (Å²) in [6, 6.07) is 3.11. The SMILES string of the molecule is CN(C)CCN(C(=O)N(C)C)c1cccc(C(F)(F)F)n1. The highest BCUT2D eigenvalue weighted by molar-refractivity contribution is 5.90. The van der Waals surface area contributed by atoms with Gasteiger partial charge in [-0.05, 0) is 26.2 Å². The first-order chi connectivity index (χ1) is 9.62. The van der Waals surface area contributed by atoms with E-state index in [4.69, 9.17) is 0 Å². The summed E-state index contributed by atoms with van der Waals surface area (Å²) in [5, 5.41) is 0. The van der Waals surface area contributed by atoms with E-state index in [0.29, 0.717) is 6.54 Å². The van der Waals surface area contributed by atoms with Crippen LogP contribution in [0.15, 0.2) is 18.2 Å². The highest BCUT2D eigenvalue weighted by Gasteiger charge is 2.33. The summed E-state index contributed by atoms with van der Waals surface area (Å²) in [6.07, 6.45) is -4.54. The molecule has 0 saturated carbocycles. The van der Waals surface area contributed by atoms with Crippen molar-refractivity contribution in [2.45, 2.75) is 6.18 Å². The van der Waals surface area contributed by atoms with Crippen molar-refractivity contribution in [1.29, 1.82) is 0 Å². The maximum atomic E-state index is 12.7. The van der Waals surface area contributed by atoms with Crippen LogP contribution in [-0.2, 0) is 6.18 Å². The average Bonchev–Trinajstić information content (AvgIpc) is 2.37. The smallest absolute Gasteiger partial charge is 0.330 e. The number of alkyl halides is 3. The van der Waals surface area contributed by atoms with Gasteiger partial charge in [-0.1, -0.05) is 6.07 Å². The molecule has 0 spiro atoms. The van der Waals surface area contributed by atoms with Crippen molar-refractivity contribution in [2.24, 2.45) is 0 Å². The number of halogens is 3. The van der Waals surface area contributed by atoms with Crippen LogP contribution in [0.2, 0.25) is 0 Å². The predicted molar refractivity (Wildman–Crippen MR) is 74.2 cm³/mol. The molecule has 1 heterocycles. The van der Waals surface area contributed by atoms with Gasteiger partial charge in [-0.15, -0.1) is 0 Å². The Morgan fingerprint density at radius 1 is 1.14 bits per heavy atom. The van der Waals surface area contributed by atoms with E-state index in [1.807, 2.05) is 19.0 Å². The van der Waals surface area contributed by atoms with Gasteiger partial charge >= 0.3 is 12.2 Å². The number of likely N-dealkylation sites (N-methyl/N-ethyl adjacent to an activating group) is 1. The number of nitrogens with zero attached hydrogens (tertiary/aromatic N) is 4. The Balaban J connectivity index is 3.10. The molecule has 21 heavy (non-hydrogen) atoms. The second-order valence-corrected chi connectivity index (χ2v) is 5.01. The first kappa shape index (κ1) is 17.2. The molecule has 0 saturated heterocycles. The van der Waals surface area contributed by atoms with Crippen LogP contribution in [0.25, 0.3) is 0 Å². The van der Waals surface area contributed by atoms with E-state index in [0.717, 1.165) is 6.07 Å². The van der Waals surface area contributed by atoms with Gasteiger partial charge in [-0.3, -0.25) is 4.90 Å². The topological polar surface area (TPSA) is 39.7 Å². The fourth-order valence-corrected chi connectivity index (χ4v) is 1.58. The average molecular weight is 304 g/mol. The maximum Gasteiger partial charge on any atom is 0.433 e. The number of hydrogen-bond donors (Lipinski definition) is 0. The number of carbonyl (C=O) groups excluding carboxylic acids is 1. The third kappa shape index (κ3) is 4.89. The van der Waals surface area contributed by atoms with Gasteiger partial charge in [0.15, 0.2) is 0 Å². The zero-order valence-corrected chi connectivity index (χ0v) is 12.5. The summed E-state index contributed by atoms with van der Waals surface area (Å²) in [7, 11) is 6.72. The van der Waals surface area contributed by atoms with Gasteiger partial charge in [0, 0.05) is 27.2 Å². The Kier molecular flexibility index (Phi) is 5.54. The minimum atomic E-state index is -4.54. The van der Waals surface area contributed by atoms with Crippen molar-refractivity contribution in [2.75, 3.05) is 46.2 Å². The molecule has 0 aliphatic rings. The van der Waals surface area contributed by atoms with E-state index < -0.39 is 17.9 Å². The highest BCUT2D eigenvalue weighted by Crippen LogP contribution is 2.29. The van der Waals surface area contributed by atoms with Gasteiger partial charge in [0.2, 0.25) is 0 Å². The predicted octanol–water partition coefficient (Wildman–Crippen LogP) is 2.15. The zero-order chi connectivity index (χ0) is 16.2. The number of amides is 2. The van der Waals surface area contributed by atoms with Crippen LogP contribution in [0, 0.1) is 0 Å². The molecule has 0 radical (unpaired) electrons. The standard InChI is InChI=1S/C13H19F3N4O/c1-18(2)8-9-20(12(21)19(3)4)11-7-5-6-10(17-11)13(14,15)16/h5-7H,8-9H2,1-4H3. The molecular weight excluding hydrogens is 285 g/mol. The summed E-state index contributed by atoms with van der Waals surface area (Å²) in [5.41, 5.74) is -1.01. The molecule has 8 heteroatoms. The van der Waals surface area contributed by atoms with Gasteiger partial charge in [0.1, 0.15) is 11.5 Å². The number of aromatic nitrogens is 1. The summed E-state index contributed by atoms with van der Waals surface area (Å²) >= 11 is 0. The Morgan fingerprint density at radius 2 is 1.76 bits per heavy atom. The summed E-state index contributed by atoms with van der Waals surface area (Å²) in [5.74, 6) is -0.00891. The molecule has 0 bridgehead atoms. The van der Waals surface area contributed by atoms with E-state index in [1.54, 1.807) is 14.1 Å². The van der Waals surface area contributed by atoms with Crippen LogP contribution in [0.3, 0.4) is 0 Å². The molecule has 2 amide bonds. The van der Waals surface area contributed by atoms with E-state index >= 15 is 0 Å². The molecule has 0 fully saturated rings. The number of carbonyl (C=O) groups is 1. The molecule has 0 unspecified atom stereocenters. The second-order valence-electron chi connectivity index (χ2n) is 5.01. The Hall–Kier alpha value is -1.83. The van der Waals surface area contributed by atoms with Crippen LogP contribution in [-0.4, -0.2) is 62.1 Å². The van der Waals surface area contributed by atoms with Crippen molar-refractivity contribution in [3.8, 4) is 0 Å². The van der Waals surface area contributed by atoms with Gasteiger partial charge in [0.25, 0.3) is 0 Å². The van der Waals surface area contributed by atoms with Gasteiger partial charge in [-0.25, -0.2) is 9.78 Å². The summed E-state index contributed by atoms with van der Waals surface area (Å²) in [4.78, 5) is 20.1. The molecule has 0 aromatic carbocycles. The van der Waals surface area contributed by atoms with Crippen LogP contribution in [0.5, 0.6) is 0 Å². The van der Waals surface area contributed by atoms with Crippen molar-refractivity contribution in [3.63, 3.8) is 0 Å². The molecule has 118 valence electrons. The second kappa shape index (κ2) is 6.75. The van der Waals surface area contributed by atoms with Crippen molar-refractivity contribution < 1.29 is 18.0 Å². The number of pyridine rings is 1. The van der Waals surface area contributed by atoms with E-state index in [9.17, 15) is 18.0 Å². The highest BCUT2D eigenvalue weighted by atomic mass is 19.4. The third-order valence-electron chi connectivity index (χ3n) is 2.69. The number of hydrogen-bond acceptors (Lipinski definition) is 3. The van der Waals surface area contributed by atoms with Crippen molar-refractivity contribution in [3.05, 3.63) is 23.9 Å². The van der Waals surface area contributed by atoms with Crippen molar-refractivity contribution in [1.82, 2.24) is 14.8 Å². The lowest BCUT2D eigenvalue weighted by Crippen LogP contribution is -2.43. The molecule has 1 aromatic heterocycles. The maximum absolute atomic E-state index is 12.7. The number of urea groups is 1. The molecule has 0 N–H and O–H groups in total. The first-order valence-electron chi connectivity index (χ1n) is 6.30. The molecule has 0 aliphatic carbocycles. The zero-order valence-electron chi connectivity index (χ0n) is 12.5. The van der Waals surface area contributed by atoms with Crippen LogP contribution in [0.1, 0.15) is 5.69 Å². The molecule has 5 nitrogen and oxygen atoms in total. The normalized spacial score (nSPS) is 11.6. The Morgan fingerprint density at radius 3 is 2.24 bits per heavy atom. The fourth-order valence-electron chi connectivity index (χ4n) is 1.58. The summed E-state index contributed by atoms with van der Waals surface area (Å²) in [6.45, 7) is 0.760. The van der Waals surface area contributed by atoms with Crippen LogP contribution in [0.4, 0.5) is 23.8 Å². The van der Waals surface area contributed by atoms with Crippen LogP contribution < -0.4 is 4.90 Å². The number of anilines is 1. The first-order valence-corrected chi connectivity index (χ1v) is 6.30. The summed E-state index contributed by atoms with van der Waals surface area (Å²) < 4.78 is 38.2. The fraction of sp³-hybridized carbons (Fsp3) is 0.538. The molecule has 1 rings (SSSR count). The Bertz CT molecular complexity index is 489. The molecule has 1 aromatic rings. The van der Waals surface area contributed by atoms with Gasteiger partial charge in [-0.2, -0.15) is 13.2 Å². The lowest BCUT2D eigenvalue weighted by atomic mass is 10.3. The van der Waals surface area contributed by atoms with Crippen molar-refractivity contribution >= 4 is 11.8 Å². The third-order valence-corrected chi connectivity index (χ3v) is 2.69. The van der Waals surface area contributed by atoms with E-state index in [2.05, 4.69) is 4.98 Å². The molecular formula is C13H19F3N4O. The molecule has 0 aliphatic heterocycles. The van der Waals surface area contributed by atoms with Gasteiger partial charge in [0.05, 0.1) is 0 Å². The van der Waals surface area contributed by atoms with Crippen LogP contribution >= 0.6 is 0 Å². The Labute approximate surface area is 122 Å². The minimum absolute atomic E-state index is 0.00891. The lowest BCUT2D eigenvalue weighted by Gasteiger charge is -2.27. The van der Waals surface area contributed by atoms with Gasteiger partial charge < -0.3 is 9.80 Å². The quantitative estimate of drug-likeness (QED) is 0.855. The largest absolute Gasteiger partial charge is 0.433 e. The lowest BCUT2D eigenvalue weighted by molar-refractivity contribution is -0.141. The number of rotatable bonds is 4.